The number of carbonyl (C=O) groups is 1. The maximum atomic E-state index is 11.3. The van der Waals surface area contributed by atoms with E-state index >= 15 is 0 Å². The summed E-state index contributed by atoms with van der Waals surface area (Å²) in [5, 5.41) is 4.16. The molecule has 0 atom stereocenters. The van der Waals surface area contributed by atoms with Crippen LogP contribution in [0, 0.1) is 6.92 Å². The summed E-state index contributed by atoms with van der Waals surface area (Å²) in [4.78, 5) is 13.6. The number of aromatic nitrogens is 2. The quantitative estimate of drug-likeness (QED) is 0.807. The van der Waals surface area contributed by atoms with Gasteiger partial charge >= 0.3 is 0 Å². The standard InChI is InChI=1S/C16H15N3OS/c1-10-12(14-9-13(16(17)20)18-19(14)2)8-15(21-10)11-6-4-3-5-7-11/h3-9H,1-2H3,(H2,17,20). The van der Waals surface area contributed by atoms with Crippen LogP contribution in [-0.4, -0.2) is 15.7 Å². The van der Waals surface area contributed by atoms with E-state index in [1.54, 1.807) is 22.1 Å². The molecule has 21 heavy (non-hydrogen) atoms. The summed E-state index contributed by atoms with van der Waals surface area (Å²) in [6.07, 6.45) is 0. The second kappa shape index (κ2) is 5.18. The Kier molecular flexibility index (Phi) is 3.35. The number of carbonyl (C=O) groups excluding carboxylic acids is 1. The molecule has 0 aliphatic rings. The number of nitrogens with zero attached hydrogens (tertiary/aromatic N) is 2. The van der Waals surface area contributed by atoms with E-state index in [-0.39, 0.29) is 0 Å². The van der Waals surface area contributed by atoms with E-state index < -0.39 is 5.91 Å². The Labute approximate surface area is 126 Å². The predicted molar refractivity (Wildman–Crippen MR) is 85.2 cm³/mol. The Morgan fingerprint density at radius 1 is 1.24 bits per heavy atom. The first-order chi connectivity index (χ1) is 10.1. The SMILES string of the molecule is Cc1sc(-c2ccccc2)cc1-c1cc(C(N)=O)nn1C. The van der Waals surface area contributed by atoms with E-state index in [4.69, 9.17) is 5.73 Å². The largest absolute Gasteiger partial charge is 0.364 e. The summed E-state index contributed by atoms with van der Waals surface area (Å²) in [7, 11) is 1.82. The van der Waals surface area contributed by atoms with Crippen LogP contribution in [0.4, 0.5) is 0 Å². The minimum absolute atomic E-state index is 0.291. The minimum atomic E-state index is -0.506. The molecule has 0 unspecified atom stereocenters. The molecule has 106 valence electrons. The highest BCUT2D eigenvalue weighted by atomic mass is 32.1. The van der Waals surface area contributed by atoms with E-state index in [1.807, 2.05) is 25.2 Å². The van der Waals surface area contributed by atoms with Crippen LogP contribution in [0.5, 0.6) is 0 Å². The lowest BCUT2D eigenvalue weighted by molar-refractivity contribution is 0.0995. The maximum Gasteiger partial charge on any atom is 0.269 e. The second-order valence-electron chi connectivity index (χ2n) is 4.85. The Morgan fingerprint density at radius 3 is 2.57 bits per heavy atom. The molecule has 0 radical (unpaired) electrons. The van der Waals surface area contributed by atoms with Gasteiger partial charge in [0.25, 0.3) is 5.91 Å². The molecular weight excluding hydrogens is 282 g/mol. The van der Waals surface area contributed by atoms with Gasteiger partial charge in [-0.15, -0.1) is 11.3 Å². The van der Waals surface area contributed by atoms with E-state index in [0.29, 0.717) is 5.69 Å². The Morgan fingerprint density at radius 2 is 1.95 bits per heavy atom. The number of thiophene rings is 1. The summed E-state index contributed by atoms with van der Waals surface area (Å²) in [5.74, 6) is -0.506. The first-order valence-corrected chi connectivity index (χ1v) is 7.38. The van der Waals surface area contributed by atoms with E-state index in [9.17, 15) is 4.79 Å². The molecular formula is C16H15N3OS. The third kappa shape index (κ3) is 2.48. The fourth-order valence-electron chi connectivity index (χ4n) is 2.32. The van der Waals surface area contributed by atoms with Crippen LogP contribution in [-0.2, 0) is 7.05 Å². The molecule has 0 aliphatic heterocycles. The number of benzene rings is 1. The van der Waals surface area contributed by atoms with Crippen LogP contribution in [0.3, 0.4) is 0 Å². The van der Waals surface area contributed by atoms with E-state index in [1.165, 1.54) is 15.3 Å². The molecule has 0 bridgehead atoms. The van der Waals surface area contributed by atoms with Crippen molar-refractivity contribution >= 4 is 17.2 Å². The molecule has 5 heteroatoms. The summed E-state index contributed by atoms with van der Waals surface area (Å²) in [5.41, 5.74) is 8.76. The maximum absolute atomic E-state index is 11.3. The Balaban J connectivity index is 2.08. The first-order valence-electron chi connectivity index (χ1n) is 6.56. The second-order valence-corrected chi connectivity index (χ2v) is 6.11. The molecule has 0 aliphatic carbocycles. The van der Waals surface area contributed by atoms with Gasteiger partial charge in [-0.3, -0.25) is 9.48 Å². The number of hydrogen-bond acceptors (Lipinski definition) is 3. The van der Waals surface area contributed by atoms with Gasteiger partial charge in [0, 0.05) is 22.4 Å². The van der Waals surface area contributed by atoms with E-state index in [2.05, 4.69) is 30.2 Å². The van der Waals surface area contributed by atoms with Gasteiger partial charge in [-0.05, 0) is 24.6 Å². The van der Waals surface area contributed by atoms with Crippen molar-refractivity contribution in [3.05, 3.63) is 53.0 Å². The van der Waals surface area contributed by atoms with Crippen molar-refractivity contribution in [3.8, 4) is 21.7 Å². The molecule has 0 saturated carbocycles. The summed E-state index contributed by atoms with van der Waals surface area (Å²) in [6.45, 7) is 2.07. The number of nitrogens with two attached hydrogens (primary N) is 1. The topological polar surface area (TPSA) is 60.9 Å². The van der Waals surface area contributed by atoms with Gasteiger partial charge < -0.3 is 5.73 Å². The van der Waals surface area contributed by atoms with Crippen molar-refractivity contribution in [3.63, 3.8) is 0 Å². The highest BCUT2D eigenvalue weighted by molar-refractivity contribution is 7.16. The molecule has 3 aromatic rings. The first kappa shape index (κ1) is 13.6. The number of rotatable bonds is 3. The fourth-order valence-corrected chi connectivity index (χ4v) is 3.35. The van der Waals surface area contributed by atoms with Crippen LogP contribution in [0.1, 0.15) is 15.4 Å². The molecule has 3 rings (SSSR count). The zero-order chi connectivity index (χ0) is 15.0. The fraction of sp³-hybridized carbons (Fsp3) is 0.125. The van der Waals surface area contributed by atoms with E-state index in [0.717, 1.165) is 11.3 Å². The number of primary amides is 1. The van der Waals surface area contributed by atoms with Crippen LogP contribution in [0.25, 0.3) is 21.7 Å². The average Bonchev–Trinajstić information content (AvgIpc) is 3.03. The van der Waals surface area contributed by atoms with Crippen molar-refractivity contribution in [2.24, 2.45) is 12.8 Å². The Hall–Kier alpha value is -2.40. The van der Waals surface area contributed by atoms with Crippen LogP contribution in [0.15, 0.2) is 42.5 Å². The molecule has 4 nitrogen and oxygen atoms in total. The highest BCUT2D eigenvalue weighted by Crippen LogP contribution is 2.36. The molecule has 2 heterocycles. The zero-order valence-corrected chi connectivity index (χ0v) is 12.6. The highest BCUT2D eigenvalue weighted by Gasteiger charge is 2.15. The number of amides is 1. The number of hydrogen-bond donors (Lipinski definition) is 1. The van der Waals surface area contributed by atoms with Crippen LogP contribution < -0.4 is 5.73 Å². The molecule has 0 saturated heterocycles. The lowest BCUT2D eigenvalue weighted by Gasteiger charge is -1.99. The van der Waals surface area contributed by atoms with Crippen molar-refractivity contribution in [2.75, 3.05) is 0 Å². The average molecular weight is 297 g/mol. The molecule has 1 amide bonds. The van der Waals surface area contributed by atoms with Crippen molar-refractivity contribution < 1.29 is 4.79 Å². The third-order valence-corrected chi connectivity index (χ3v) is 4.48. The molecule has 0 fully saturated rings. The third-order valence-electron chi connectivity index (χ3n) is 3.38. The van der Waals surface area contributed by atoms with Gasteiger partial charge in [-0.1, -0.05) is 30.3 Å². The monoisotopic (exact) mass is 297 g/mol. The lowest BCUT2D eigenvalue weighted by atomic mass is 10.1. The summed E-state index contributed by atoms with van der Waals surface area (Å²) in [6, 6.07) is 14.1. The smallest absolute Gasteiger partial charge is 0.269 e. The summed E-state index contributed by atoms with van der Waals surface area (Å²) >= 11 is 1.73. The minimum Gasteiger partial charge on any atom is -0.364 e. The molecule has 2 aromatic heterocycles. The van der Waals surface area contributed by atoms with Gasteiger partial charge in [0.15, 0.2) is 5.69 Å². The van der Waals surface area contributed by atoms with Crippen LogP contribution in [0.2, 0.25) is 0 Å². The van der Waals surface area contributed by atoms with Crippen molar-refractivity contribution in [2.45, 2.75) is 6.92 Å². The Bertz CT molecular complexity index is 802. The van der Waals surface area contributed by atoms with Gasteiger partial charge in [0.2, 0.25) is 0 Å². The van der Waals surface area contributed by atoms with Gasteiger partial charge in [-0.2, -0.15) is 5.10 Å². The number of aryl methyl sites for hydroxylation is 2. The molecule has 1 aromatic carbocycles. The van der Waals surface area contributed by atoms with Crippen molar-refractivity contribution in [1.29, 1.82) is 0 Å². The molecule has 2 N–H and O–H groups in total. The van der Waals surface area contributed by atoms with Gasteiger partial charge in [-0.25, -0.2) is 0 Å². The van der Waals surface area contributed by atoms with Crippen LogP contribution >= 0.6 is 11.3 Å². The van der Waals surface area contributed by atoms with Gasteiger partial charge in [0.05, 0.1) is 5.69 Å². The molecule has 0 spiro atoms. The lowest BCUT2D eigenvalue weighted by Crippen LogP contribution is -2.11. The zero-order valence-electron chi connectivity index (χ0n) is 11.8. The normalized spacial score (nSPS) is 10.8. The van der Waals surface area contributed by atoms with Gasteiger partial charge in [0.1, 0.15) is 0 Å². The predicted octanol–water partition coefficient (Wildman–Crippen LogP) is 3.22. The summed E-state index contributed by atoms with van der Waals surface area (Å²) < 4.78 is 1.70. The van der Waals surface area contributed by atoms with Crippen molar-refractivity contribution in [1.82, 2.24) is 9.78 Å².